The lowest BCUT2D eigenvalue weighted by molar-refractivity contribution is -0.148. The number of fused-ring (bicyclic) bond motifs is 2. The first-order chi connectivity index (χ1) is 29.6. The molecule has 2 bridgehead atoms. The standard InChI is InChI=1S/C49H74N6O7/c1-11-31(5)43(54(8)49(60)42(30(3)4)52-48(59)44-35-22-25-37(28-35)53(44)7)40(61-9)29-41(56)55-26-16-19-39(55)45(62-10)32(6)46(57)51-38(27-34-17-14-13-15-18-34)47(58)50-36-23-20-33(12-2)21-24-36/h13-15,17-18,20-21,23-24,30-32,35,37-40,42-45H,11-12,16,19,22,25-29H2,1-10H3,(H,50,58)(H,51,57)(H,52,59)/t31-,32+,35-,37+,38-,39-,40+,42-,43-,44-,45+/m0/s1. The monoisotopic (exact) mass is 859 g/mol. The molecule has 5 rings (SSSR count). The van der Waals surface area contributed by atoms with Crippen LogP contribution in [0, 0.1) is 23.7 Å². The molecule has 1 aliphatic carbocycles. The summed E-state index contributed by atoms with van der Waals surface area (Å²) in [5.41, 5.74) is 2.71. The van der Waals surface area contributed by atoms with E-state index in [1.807, 2.05) is 75.5 Å². The number of hydrogen-bond acceptors (Lipinski definition) is 8. The molecule has 3 aliphatic rings. The van der Waals surface area contributed by atoms with Crippen molar-refractivity contribution in [3.63, 3.8) is 0 Å². The maximum atomic E-state index is 14.4. The SMILES string of the molecule is CCc1ccc(NC(=O)[C@H](Cc2ccccc2)NC(=O)[C@H](C)[C@@H](OC)[C@@H]2CCCN2C(=O)C[C@@H](OC)[C@H]([C@@H](C)CC)N(C)C(=O)[C@@H](NC(=O)[C@@H]2[C@H]3CC[C@H](C3)N2C)C(C)C)cc1. The molecule has 3 N–H and O–H groups in total. The number of benzene rings is 2. The molecule has 11 atom stereocenters. The van der Waals surface area contributed by atoms with Crippen molar-refractivity contribution in [3.8, 4) is 0 Å². The number of nitrogens with zero attached hydrogens (tertiary/aromatic N) is 3. The molecule has 2 aliphatic heterocycles. The zero-order valence-corrected chi connectivity index (χ0v) is 38.9. The van der Waals surface area contributed by atoms with Crippen LogP contribution < -0.4 is 16.0 Å². The predicted octanol–water partition coefficient (Wildman–Crippen LogP) is 5.46. The first-order valence-electron chi connectivity index (χ1n) is 23.0. The lowest BCUT2D eigenvalue weighted by Gasteiger charge is -2.41. The molecule has 13 nitrogen and oxygen atoms in total. The number of nitrogens with one attached hydrogen (secondary N) is 3. The number of hydrogen-bond donors (Lipinski definition) is 3. The number of amides is 5. The first-order valence-corrected chi connectivity index (χ1v) is 23.0. The quantitative estimate of drug-likeness (QED) is 0.150. The molecule has 13 heteroatoms. The maximum Gasteiger partial charge on any atom is 0.247 e. The van der Waals surface area contributed by atoms with E-state index in [1.165, 1.54) is 0 Å². The lowest BCUT2D eigenvalue weighted by Crippen LogP contribution is -2.60. The fourth-order valence-electron chi connectivity index (χ4n) is 10.3. The van der Waals surface area contributed by atoms with E-state index in [9.17, 15) is 24.0 Å². The average Bonchev–Trinajstić information content (AvgIpc) is 4.03. The van der Waals surface area contributed by atoms with Crippen LogP contribution in [-0.2, 0) is 46.3 Å². The van der Waals surface area contributed by atoms with Gasteiger partial charge in [0.2, 0.25) is 29.5 Å². The highest BCUT2D eigenvalue weighted by Gasteiger charge is 2.49. The molecule has 62 heavy (non-hydrogen) atoms. The number of aryl methyl sites for hydroxylation is 1. The van der Waals surface area contributed by atoms with Gasteiger partial charge < -0.3 is 35.2 Å². The van der Waals surface area contributed by atoms with E-state index in [1.54, 1.807) is 38.0 Å². The highest BCUT2D eigenvalue weighted by molar-refractivity contribution is 5.97. The number of ether oxygens (including phenoxy) is 2. The van der Waals surface area contributed by atoms with Crippen LogP contribution in [0.5, 0.6) is 0 Å². The summed E-state index contributed by atoms with van der Waals surface area (Å²) in [6, 6.07) is 15.0. The average molecular weight is 859 g/mol. The minimum absolute atomic E-state index is 0.0177. The summed E-state index contributed by atoms with van der Waals surface area (Å²) in [4.78, 5) is 76.1. The molecule has 0 unspecified atom stereocenters. The van der Waals surface area contributed by atoms with Crippen LogP contribution in [0.25, 0.3) is 0 Å². The van der Waals surface area contributed by atoms with Crippen molar-refractivity contribution in [2.75, 3.05) is 40.2 Å². The molecule has 2 aromatic rings. The van der Waals surface area contributed by atoms with E-state index in [2.05, 4.69) is 41.6 Å². The van der Waals surface area contributed by atoms with Gasteiger partial charge in [-0.25, -0.2) is 0 Å². The summed E-state index contributed by atoms with van der Waals surface area (Å²) in [6.45, 7) is 12.4. The molecule has 1 saturated carbocycles. The Labute approximate surface area is 370 Å². The Balaban J connectivity index is 1.27. The van der Waals surface area contributed by atoms with Crippen molar-refractivity contribution < 1.29 is 33.4 Å². The number of likely N-dealkylation sites (tertiary alicyclic amines) is 2. The van der Waals surface area contributed by atoms with Crippen LogP contribution in [0.15, 0.2) is 54.6 Å². The second-order valence-electron chi connectivity index (χ2n) is 18.4. The van der Waals surface area contributed by atoms with Crippen LogP contribution in [-0.4, -0.2) is 128 Å². The summed E-state index contributed by atoms with van der Waals surface area (Å²) in [6.07, 6.45) is 5.19. The molecule has 5 amide bonds. The molecule has 2 saturated heterocycles. The number of piperidine rings is 1. The van der Waals surface area contributed by atoms with E-state index in [0.29, 0.717) is 37.0 Å². The zero-order chi connectivity index (χ0) is 45.2. The number of carbonyl (C=O) groups excluding carboxylic acids is 5. The molecular weight excluding hydrogens is 785 g/mol. The highest BCUT2D eigenvalue weighted by Crippen LogP contribution is 2.41. The Morgan fingerprint density at radius 2 is 1.55 bits per heavy atom. The molecular formula is C49H74N6O7. The fraction of sp³-hybridized carbons (Fsp3) is 0.653. The minimum atomic E-state index is -0.862. The van der Waals surface area contributed by atoms with E-state index in [4.69, 9.17) is 9.47 Å². The summed E-state index contributed by atoms with van der Waals surface area (Å²) < 4.78 is 12.1. The van der Waals surface area contributed by atoms with E-state index < -0.39 is 42.3 Å². The van der Waals surface area contributed by atoms with Crippen LogP contribution in [0.3, 0.4) is 0 Å². The van der Waals surface area contributed by atoms with Gasteiger partial charge in [-0.15, -0.1) is 0 Å². The third-order valence-electron chi connectivity index (χ3n) is 14.2. The van der Waals surface area contributed by atoms with E-state index in [-0.39, 0.29) is 53.8 Å². The molecule has 342 valence electrons. The summed E-state index contributed by atoms with van der Waals surface area (Å²) in [5, 5.41) is 9.14. The Kier molecular flexibility index (Phi) is 17.5. The van der Waals surface area contributed by atoms with E-state index >= 15 is 0 Å². The fourth-order valence-corrected chi connectivity index (χ4v) is 10.3. The van der Waals surface area contributed by atoms with Gasteiger partial charge in [0.25, 0.3) is 0 Å². The molecule has 2 aromatic carbocycles. The number of carbonyl (C=O) groups is 5. The molecule has 3 fully saturated rings. The van der Waals surface area contributed by atoms with Crippen molar-refractivity contribution in [1.82, 2.24) is 25.3 Å². The van der Waals surface area contributed by atoms with E-state index in [0.717, 1.165) is 49.7 Å². The zero-order valence-electron chi connectivity index (χ0n) is 38.9. The van der Waals surface area contributed by atoms with Gasteiger partial charge in [-0.2, -0.15) is 0 Å². The Hall–Kier alpha value is -4.33. The van der Waals surface area contributed by atoms with Gasteiger partial charge in [0.05, 0.1) is 42.7 Å². The van der Waals surface area contributed by atoms with Crippen LogP contribution in [0.4, 0.5) is 5.69 Å². The van der Waals surface area contributed by atoms with Crippen molar-refractivity contribution in [1.29, 1.82) is 0 Å². The highest BCUT2D eigenvalue weighted by atomic mass is 16.5. The van der Waals surface area contributed by atoms with Crippen molar-refractivity contribution in [2.24, 2.45) is 23.7 Å². The summed E-state index contributed by atoms with van der Waals surface area (Å²) in [5.74, 6) is -1.70. The molecule has 0 radical (unpaired) electrons. The largest absolute Gasteiger partial charge is 0.379 e. The molecule has 2 heterocycles. The van der Waals surface area contributed by atoms with Gasteiger partial charge in [0, 0.05) is 46.0 Å². The van der Waals surface area contributed by atoms with Gasteiger partial charge in [-0.1, -0.05) is 90.4 Å². The molecule has 0 aromatic heterocycles. The van der Waals surface area contributed by atoms with Crippen molar-refractivity contribution >= 4 is 35.2 Å². The minimum Gasteiger partial charge on any atom is -0.379 e. The summed E-state index contributed by atoms with van der Waals surface area (Å²) >= 11 is 0. The first kappa shape index (κ1) is 48.7. The second-order valence-corrected chi connectivity index (χ2v) is 18.4. The van der Waals surface area contributed by atoms with Crippen LogP contribution >= 0.6 is 0 Å². The number of methoxy groups -OCH3 is 2. The van der Waals surface area contributed by atoms with Gasteiger partial charge >= 0.3 is 0 Å². The predicted molar refractivity (Wildman–Crippen MR) is 242 cm³/mol. The third kappa shape index (κ3) is 11.4. The van der Waals surface area contributed by atoms with Gasteiger partial charge in [0.15, 0.2) is 0 Å². The topological polar surface area (TPSA) is 150 Å². The normalized spacial score (nSPS) is 23.2. The maximum absolute atomic E-state index is 14.4. The number of rotatable bonds is 21. The number of anilines is 1. The van der Waals surface area contributed by atoms with Crippen LogP contribution in [0.2, 0.25) is 0 Å². The van der Waals surface area contributed by atoms with Crippen LogP contribution in [0.1, 0.15) is 97.6 Å². The summed E-state index contributed by atoms with van der Waals surface area (Å²) in [7, 11) is 6.90. The second kappa shape index (κ2) is 22.3. The molecule has 0 spiro atoms. The van der Waals surface area contributed by atoms with Gasteiger partial charge in [0.1, 0.15) is 12.1 Å². The van der Waals surface area contributed by atoms with Crippen molar-refractivity contribution in [3.05, 3.63) is 65.7 Å². The smallest absolute Gasteiger partial charge is 0.247 e. The Morgan fingerprint density at radius 3 is 2.13 bits per heavy atom. The van der Waals surface area contributed by atoms with Gasteiger partial charge in [-0.3, -0.25) is 28.9 Å². The van der Waals surface area contributed by atoms with Gasteiger partial charge in [-0.05, 0) is 86.6 Å². The third-order valence-corrected chi connectivity index (χ3v) is 14.2. The Bertz CT molecular complexity index is 1810. The lowest BCUT2D eigenvalue weighted by atomic mass is 9.89. The number of likely N-dealkylation sites (N-methyl/N-ethyl adjacent to an activating group) is 2. The van der Waals surface area contributed by atoms with Crippen molar-refractivity contribution in [2.45, 2.75) is 148 Å². The Morgan fingerprint density at radius 1 is 0.855 bits per heavy atom.